The van der Waals surface area contributed by atoms with Crippen LogP contribution in [0.25, 0.3) is 0 Å². The van der Waals surface area contributed by atoms with Gasteiger partial charge in [0.05, 0.1) is 7.11 Å². The number of hydrazine groups is 1. The maximum Gasteiger partial charge on any atom is 0.305 e. The van der Waals surface area contributed by atoms with Gasteiger partial charge in [-0.3, -0.25) is 15.0 Å². The van der Waals surface area contributed by atoms with E-state index in [9.17, 15) is 9.59 Å². The Bertz CT molecular complexity index is 164. The lowest BCUT2D eigenvalue weighted by Gasteiger charge is -1.93. The number of hydrogen-bond acceptors (Lipinski definition) is 4. The second-order valence-corrected chi connectivity index (χ2v) is 3.35. The summed E-state index contributed by atoms with van der Waals surface area (Å²) in [5.41, 5.74) is 2.06. The van der Waals surface area contributed by atoms with Crippen LogP contribution in [0.4, 0.5) is 0 Å². The molecule has 0 spiro atoms. The molecule has 96 valence electrons. The van der Waals surface area contributed by atoms with E-state index in [4.69, 9.17) is 5.84 Å². The maximum atomic E-state index is 10.3. The van der Waals surface area contributed by atoms with Crippen molar-refractivity contribution in [3.63, 3.8) is 0 Å². The van der Waals surface area contributed by atoms with Crippen molar-refractivity contribution in [3.8, 4) is 0 Å². The number of carbonyl (C=O) groups is 2. The fraction of sp³-hybridized carbons (Fsp3) is 0.818. The molecule has 0 saturated carbocycles. The Kier molecular flexibility index (Phi) is 15.0. The Morgan fingerprint density at radius 3 is 2.00 bits per heavy atom. The molecular weight excluding hydrogens is 208 g/mol. The zero-order valence-corrected chi connectivity index (χ0v) is 10.5. The minimum Gasteiger partial charge on any atom is -0.469 e. The molecule has 0 unspecified atom stereocenters. The maximum absolute atomic E-state index is 10.3. The lowest BCUT2D eigenvalue weighted by molar-refractivity contribution is -0.140. The van der Waals surface area contributed by atoms with Gasteiger partial charge in [0.1, 0.15) is 0 Å². The van der Waals surface area contributed by atoms with E-state index >= 15 is 0 Å². The van der Waals surface area contributed by atoms with Crippen molar-refractivity contribution in [2.45, 2.75) is 52.4 Å². The molecule has 0 aromatic rings. The lowest BCUT2D eigenvalue weighted by atomic mass is 10.2. The number of amides is 1. The Morgan fingerprint density at radius 2 is 1.62 bits per heavy atom. The topological polar surface area (TPSA) is 81.4 Å². The fourth-order valence-corrected chi connectivity index (χ4v) is 0.833. The number of rotatable bonds is 6. The minimum atomic E-state index is -0.105. The Morgan fingerprint density at radius 1 is 1.12 bits per heavy atom. The molecule has 16 heavy (non-hydrogen) atoms. The number of nitrogens with two attached hydrogens (primary N) is 1. The number of carbonyl (C=O) groups excluding carboxylic acids is 2. The summed E-state index contributed by atoms with van der Waals surface area (Å²) in [6, 6.07) is 0. The van der Waals surface area contributed by atoms with Crippen molar-refractivity contribution in [3.05, 3.63) is 0 Å². The second-order valence-electron chi connectivity index (χ2n) is 3.35. The summed E-state index contributed by atoms with van der Waals surface area (Å²) in [6.07, 6.45) is 5.05. The standard InChI is InChI=1S/C6H12O2.C5H12N2O/c1-3-4-5-6(7)8-2;1-2-3-4-5(8)7-6/h3-5H2,1-2H3;2-4,6H2,1H3,(H,7,8). The van der Waals surface area contributed by atoms with Crippen LogP contribution in [0.15, 0.2) is 0 Å². The van der Waals surface area contributed by atoms with Crippen molar-refractivity contribution in [1.29, 1.82) is 0 Å². The molecule has 0 aromatic heterocycles. The van der Waals surface area contributed by atoms with Gasteiger partial charge in [0, 0.05) is 12.8 Å². The first-order chi connectivity index (χ1) is 7.62. The molecule has 5 nitrogen and oxygen atoms in total. The van der Waals surface area contributed by atoms with Gasteiger partial charge in [-0.2, -0.15) is 0 Å². The zero-order chi connectivity index (χ0) is 12.8. The number of ether oxygens (including phenoxy) is 1. The van der Waals surface area contributed by atoms with Crippen LogP contribution in [0.1, 0.15) is 52.4 Å². The van der Waals surface area contributed by atoms with E-state index in [1.165, 1.54) is 7.11 Å². The molecule has 0 fully saturated rings. The first-order valence-corrected chi connectivity index (χ1v) is 5.68. The van der Waals surface area contributed by atoms with Gasteiger partial charge in [-0.25, -0.2) is 5.84 Å². The number of esters is 1. The summed E-state index contributed by atoms with van der Waals surface area (Å²) in [4.78, 5) is 20.7. The van der Waals surface area contributed by atoms with Crippen LogP contribution in [0, 0.1) is 0 Å². The Balaban J connectivity index is 0. The Hall–Kier alpha value is -1.10. The predicted octanol–water partition coefficient (Wildman–Crippen LogP) is 1.52. The smallest absolute Gasteiger partial charge is 0.305 e. The molecule has 0 atom stereocenters. The highest BCUT2D eigenvalue weighted by Gasteiger charge is 1.95. The quantitative estimate of drug-likeness (QED) is 0.315. The summed E-state index contributed by atoms with van der Waals surface area (Å²) in [5, 5.41) is 0. The van der Waals surface area contributed by atoms with Crippen LogP contribution in [0.2, 0.25) is 0 Å². The number of unbranched alkanes of at least 4 members (excludes halogenated alkanes) is 2. The van der Waals surface area contributed by atoms with E-state index in [2.05, 4.69) is 10.2 Å². The average Bonchev–Trinajstić information content (AvgIpc) is 2.33. The third-order valence-corrected chi connectivity index (χ3v) is 1.88. The largest absolute Gasteiger partial charge is 0.469 e. The molecule has 0 heterocycles. The van der Waals surface area contributed by atoms with Gasteiger partial charge in [-0.1, -0.05) is 26.7 Å². The summed E-state index contributed by atoms with van der Waals surface area (Å²) in [6.45, 7) is 4.08. The highest BCUT2D eigenvalue weighted by Crippen LogP contribution is 1.94. The van der Waals surface area contributed by atoms with Gasteiger partial charge in [0.15, 0.2) is 0 Å². The number of nitrogens with one attached hydrogen (secondary N) is 1. The van der Waals surface area contributed by atoms with E-state index in [-0.39, 0.29) is 11.9 Å². The molecule has 0 aromatic carbocycles. The molecule has 0 aliphatic rings. The molecule has 0 bridgehead atoms. The summed E-state index contributed by atoms with van der Waals surface area (Å²) < 4.78 is 4.41. The summed E-state index contributed by atoms with van der Waals surface area (Å²) >= 11 is 0. The molecule has 0 aliphatic heterocycles. The average molecular weight is 232 g/mol. The van der Waals surface area contributed by atoms with Gasteiger partial charge >= 0.3 is 5.97 Å². The SMILES string of the molecule is CCCCC(=O)NN.CCCCC(=O)OC. The molecule has 0 saturated heterocycles. The summed E-state index contributed by atoms with van der Waals surface area (Å²) in [5.74, 6) is 4.63. The van der Waals surface area contributed by atoms with Crippen molar-refractivity contribution in [2.24, 2.45) is 5.84 Å². The first-order valence-electron chi connectivity index (χ1n) is 5.68. The molecule has 0 aliphatic carbocycles. The van der Waals surface area contributed by atoms with E-state index in [1.807, 2.05) is 13.8 Å². The molecule has 3 N–H and O–H groups in total. The van der Waals surface area contributed by atoms with Gasteiger partial charge in [0.25, 0.3) is 0 Å². The van der Waals surface area contributed by atoms with Crippen LogP contribution in [0.5, 0.6) is 0 Å². The number of hydrogen-bond donors (Lipinski definition) is 2. The van der Waals surface area contributed by atoms with Gasteiger partial charge in [-0.15, -0.1) is 0 Å². The van der Waals surface area contributed by atoms with Crippen molar-refractivity contribution in [2.75, 3.05) is 7.11 Å². The molecular formula is C11H24N2O3. The minimum absolute atomic E-state index is 0.0770. The lowest BCUT2D eigenvalue weighted by Crippen LogP contribution is -2.29. The molecule has 0 rings (SSSR count). The normalized spacial score (nSPS) is 8.75. The molecule has 1 amide bonds. The van der Waals surface area contributed by atoms with Crippen LogP contribution in [0.3, 0.4) is 0 Å². The monoisotopic (exact) mass is 232 g/mol. The molecule has 5 heteroatoms. The highest BCUT2D eigenvalue weighted by molar-refractivity contribution is 5.75. The third kappa shape index (κ3) is 15.4. The van der Waals surface area contributed by atoms with E-state index in [0.29, 0.717) is 12.8 Å². The van der Waals surface area contributed by atoms with Gasteiger partial charge in [0.2, 0.25) is 5.91 Å². The van der Waals surface area contributed by atoms with Crippen molar-refractivity contribution >= 4 is 11.9 Å². The van der Waals surface area contributed by atoms with E-state index < -0.39 is 0 Å². The van der Waals surface area contributed by atoms with Crippen LogP contribution in [-0.2, 0) is 14.3 Å². The fourth-order valence-electron chi connectivity index (χ4n) is 0.833. The predicted molar refractivity (Wildman–Crippen MR) is 63.4 cm³/mol. The van der Waals surface area contributed by atoms with Crippen LogP contribution < -0.4 is 11.3 Å². The summed E-state index contributed by atoms with van der Waals surface area (Å²) in [7, 11) is 1.41. The van der Waals surface area contributed by atoms with Crippen molar-refractivity contribution < 1.29 is 14.3 Å². The third-order valence-electron chi connectivity index (χ3n) is 1.88. The zero-order valence-electron chi connectivity index (χ0n) is 10.5. The van der Waals surface area contributed by atoms with Crippen LogP contribution >= 0.6 is 0 Å². The van der Waals surface area contributed by atoms with E-state index in [0.717, 1.165) is 25.7 Å². The first kappa shape index (κ1) is 17.3. The number of methoxy groups -OCH3 is 1. The highest BCUT2D eigenvalue weighted by atomic mass is 16.5. The van der Waals surface area contributed by atoms with E-state index in [1.54, 1.807) is 0 Å². The molecule has 0 radical (unpaired) electrons. The second kappa shape index (κ2) is 13.9. The van der Waals surface area contributed by atoms with Crippen molar-refractivity contribution in [1.82, 2.24) is 5.43 Å². The van der Waals surface area contributed by atoms with Gasteiger partial charge < -0.3 is 4.74 Å². The van der Waals surface area contributed by atoms with Gasteiger partial charge in [-0.05, 0) is 12.8 Å². The Labute approximate surface area is 97.7 Å². The van der Waals surface area contributed by atoms with Crippen LogP contribution in [-0.4, -0.2) is 19.0 Å².